The first-order chi connectivity index (χ1) is 9.38. The quantitative estimate of drug-likeness (QED) is 0.275. The molecule has 1 aromatic rings. The minimum atomic E-state index is 0.0477. The highest BCUT2D eigenvalue weighted by molar-refractivity contribution is 5.79. The summed E-state index contributed by atoms with van der Waals surface area (Å²) in [5, 5.41) is 11.4. The number of amidine groups is 1. The minimum Gasteiger partial charge on any atom is -0.493 e. The third-order valence-corrected chi connectivity index (χ3v) is 3.22. The van der Waals surface area contributed by atoms with E-state index < -0.39 is 0 Å². The SMILES string of the molecule is CCc1ccc(OCCC/C(N)=N/O)c(C(C)(C)C)c1. The van der Waals surface area contributed by atoms with Crippen LogP contribution < -0.4 is 10.5 Å². The van der Waals surface area contributed by atoms with Gasteiger partial charge in [-0.05, 0) is 35.4 Å². The average molecular weight is 278 g/mol. The first-order valence-corrected chi connectivity index (χ1v) is 7.11. The second-order valence-corrected chi connectivity index (χ2v) is 5.98. The van der Waals surface area contributed by atoms with Crippen LogP contribution in [0.15, 0.2) is 23.4 Å². The lowest BCUT2D eigenvalue weighted by atomic mass is 9.85. The Morgan fingerprint density at radius 2 is 2.05 bits per heavy atom. The minimum absolute atomic E-state index is 0.0477. The maximum absolute atomic E-state index is 8.48. The summed E-state index contributed by atoms with van der Waals surface area (Å²) in [5.41, 5.74) is 8.02. The molecule has 0 heterocycles. The van der Waals surface area contributed by atoms with Gasteiger partial charge in [-0.1, -0.05) is 45.0 Å². The maximum Gasteiger partial charge on any atom is 0.139 e. The summed E-state index contributed by atoms with van der Waals surface area (Å²) in [6.07, 6.45) is 2.29. The van der Waals surface area contributed by atoms with Gasteiger partial charge in [-0.3, -0.25) is 0 Å². The van der Waals surface area contributed by atoms with Crippen molar-refractivity contribution in [3.05, 3.63) is 29.3 Å². The van der Waals surface area contributed by atoms with Crippen molar-refractivity contribution in [1.29, 1.82) is 0 Å². The van der Waals surface area contributed by atoms with E-state index in [0.29, 0.717) is 13.0 Å². The summed E-state index contributed by atoms with van der Waals surface area (Å²) in [6.45, 7) is 9.27. The van der Waals surface area contributed by atoms with Crippen LogP contribution in [0.3, 0.4) is 0 Å². The van der Waals surface area contributed by atoms with Gasteiger partial charge < -0.3 is 15.7 Å². The van der Waals surface area contributed by atoms with E-state index in [1.165, 1.54) is 11.1 Å². The summed E-state index contributed by atoms with van der Waals surface area (Å²) >= 11 is 0. The molecule has 3 N–H and O–H groups in total. The van der Waals surface area contributed by atoms with Crippen LogP contribution in [0.1, 0.15) is 51.7 Å². The number of hydrogen-bond donors (Lipinski definition) is 2. The Bertz CT molecular complexity index is 462. The Balaban J connectivity index is 2.74. The molecule has 0 radical (unpaired) electrons. The largest absolute Gasteiger partial charge is 0.493 e. The maximum atomic E-state index is 8.48. The Morgan fingerprint density at radius 1 is 1.35 bits per heavy atom. The molecule has 0 saturated heterocycles. The van der Waals surface area contributed by atoms with Crippen molar-refractivity contribution < 1.29 is 9.94 Å². The third kappa shape index (κ3) is 4.76. The van der Waals surface area contributed by atoms with Gasteiger partial charge in [-0.15, -0.1) is 0 Å². The Kier molecular flexibility index (Phi) is 5.86. The average Bonchev–Trinajstić information content (AvgIpc) is 2.42. The number of nitrogens with two attached hydrogens (primary N) is 1. The monoisotopic (exact) mass is 278 g/mol. The molecule has 0 aliphatic rings. The molecule has 0 aromatic heterocycles. The van der Waals surface area contributed by atoms with Crippen LogP contribution in [0.25, 0.3) is 0 Å². The van der Waals surface area contributed by atoms with Crippen molar-refractivity contribution in [2.45, 2.75) is 52.4 Å². The molecule has 0 spiro atoms. The molecule has 20 heavy (non-hydrogen) atoms. The number of oxime groups is 1. The molecule has 0 amide bonds. The number of rotatable bonds is 6. The Hall–Kier alpha value is -1.71. The van der Waals surface area contributed by atoms with E-state index in [4.69, 9.17) is 15.7 Å². The molecule has 1 aromatic carbocycles. The second kappa shape index (κ2) is 7.17. The molecule has 0 saturated carbocycles. The zero-order valence-corrected chi connectivity index (χ0v) is 12.9. The Labute approximate surface area is 121 Å². The molecule has 0 fully saturated rings. The number of aryl methyl sites for hydroxylation is 1. The van der Waals surface area contributed by atoms with E-state index in [-0.39, 0.29) is 11.3 Å². The topological polar surface area (TPSA) is 67.8 Å². The predicted molar refractivity (Wildman–Crippen MR) is 82.7 cm³/mol. The lowest BCUT2D eigenvalue weighted by Gasteiger charge is -2.23. The molecule has 4 nitrogen and oxygen atoms in total. The predicted octanol–water partition coefficient (Wildman–Crippen LogP) is 3.45. The van der Waals surface area contributed by atoms with Gasteiger partial charge in [0.1, 0.15) is 11.6 Å². The normalized spacial score (nSPS) is 12.5. The van der Waals surface area contributed by atoms with Gasteiger partial charge in [0.2, 0.25) is 0 Å². The van der Waals surface area contributed by atoms with Crippen molar-refractivity contribution >= 4 is 5.84 Å². The number of ether oxygens (including phenoxy) is 1. The molecular weight excluding hydrogens is 252 g/mol. The highest BCUT2D eigenvalue weighted by Gasteiger charge is 2.19. The van der Waals surface area contributed by atoms with Crippen molar-refractivity contribution in [2.75, 3.05) is 6.61 Å². The number of benzene rings is 1. The number of hydrogen-bond acceptors (Lipinski definition) is 3. The highest BCUT2D eigenvalue weighted by atomic mass is 16.5. The molecule has 112 valence electrons. The molecule has 0 atom stereocenters. The standard InChI is InChI=1S/C16H26N2O2/c1-5-12-8-9-14(13(11-12)16(2,3)4)20-10-6-7-15(17)18-19/h8-9,11,19H,5-7,10H2,1-4H3,(H2,17,18). The first-order valence-electron chi connectivity index (χ1n) is 7.11. The van der Waals surface area contributed by atoms with Gasteiger partial charge in [0, 0.05) is 6.42 Å². The van der Waals surface area contributed by atoms with Crippen LogP contribution >= 0.6 is 0 Å². The van der Waals surface area contributed by atoms with E-state index >= 15 is 0 Å². The van der Waals surface area contributed by atoms with E-state index in [1.54, 1.807) is 0 Å². The zero-order chi connectivity index (χ0) is 15.2. The van der Waals surface area contributed by atoms with E-state index in [2.05, 4.69) is 45.0 Å². The fourth-order valence-corrected chi connectivity index (χ4v) is 1.99. The van der Waals surface area contributed by atoms with Gasteiger partial charge in [0.25, 0.3) is 0 Å². The molecule has 0 aliphatic carbocycles. The van der Waals surface area contributed by atoms with Gasteiger partial charge in [0.15, 0.2) is 0 Å². The molecule has 4 heteroatoms. The molecule has 0 aliphatic heterocycles. The van der Waals surface area contributed by atoms with Crippen LogP contribution in [0, 0.1) is 0 Å². The molecular formula is C16H26N2O2. The fourth-order valence-electron chi connectivity index (χ4n) is 1.99. The van der Waals surface area contributed by atoms with Crippen LogP contribution in [-0.4, -0.2) is 17.6 Å². The van der Waals surface area contributed by atoms with Crippen LogP contribution in [0.4, 0.5) is 0 Å². The van der Waals surface area contributed by atoms with Crippen molar-refractivity contribution in [1.82, 2.24) is 0 Å². The Morgan fingerprint density at radius 3 is 2.60 bits per heavy atom. The van der Waals surface area contributed by atoms with Gasteiger partial charge in [-0.2, -0.15) is 0 Å². The molecule has 0 bridgehead atoms. The second-order valence-electron chi connectivity index (χ2n) is 5.98. The smallest absolute Gasteiger partial charge is 0.139 e. The summed E-state index contributed by atoms with van der Waals surface area (Å²) in [4.78, 5) is 0. The summed E-state index contributed by atoms with van der Waals surface area (Å²) in [7, 11) is 0. The first kappa shape index (κ1) is 16.3. The van der Waals surface area contributed by atoms with Gasteiger partial charge >= 0.3 is 0 Å². The van der Waals surface area contributed by atoms with E-state index in [9.17, 15) is 0 Å². The summed E-state index contributed by atoms with van der Waals surface area (Å²) < 4.78 is 5.87. The van der Waals surface area contributed by atoms with Gasteiger partial charge in [0.05, 0.1) is 6.61 Å². The van der Waals surface area contributed by atoms with Crippen LogP contribution in [0.2, 0.25) is 0 Å². The van der Waals surface area contributed by atoms with Crippen LogP contribution in [0.5, 0.6) is 5.75 Å². The van der Waals surface area contributed by atoms with Gasteiger partial charge in [-0.25, -0.2) is 0 Å². The third-order valence-electron chi connectivity index (χ3n) is 3.22. The fraction of sp³-hybridized carbons (Fsp3) is 0.562. The van der Waals surface area contributed by atoms with E-state index in [1.807, 2.05) is 6.07 Å². The summed E-state index contributed by atoms with van der Waals surface area (Å²) in [6, 6.07) is 6.37. The van der Waals surface area contributed by atoms with Crippen LogP contribution in [-0.2, 0) is 11.8 Å². The number of nitrogens with zero attached hydrogens (tertiary/aromatic N) is 1. The van der Waals surface area contributed by atoms with E-state index in [0.717, 1.165) is 18.6 Å². The summed E-state index contributed by atoms with van der Waals surface area (Å²) in [5.74, 6) is 1.17. The van der Waals surface area contributed by atoms with Crippen molar-refractivity contribution in [3.8, 4) is 5.75 Å². The molecule has 1 rings (SSSR count). The van der Waals surface area contributed by atoms with Crippen molar-refractivity contribution in [2.24, 2.45) is 10.9 Å². The zero-order valence-electron chi connectivity index (χ0n) is 12.9. The highest BCUT2D eigenvalue weighted by Crippen LogP contribution is 2.32. The molecule has 0 unspecified atom stereocenters. The lowest BCUT2D eigenvalue weighted by molar-refractivity contribution is 0.300. The lowest BCUT2D eigenvalue weighted by Crippen LogP contribution is -2.16. The van der Waals surface area contributed by atoms with Crippen molar-refractivity contribution in [3.63, 3.8) is 0 Å².